The van der Waals surface area contributed by atoms with Crippen LogP contribution in [0.2, 0.25) is 5.02 Å². The van der Waals surface area contributed by atoms with E-state index in [0.29, 0.717) is 22.3 Å². The van der Waals surface area contributed by atoms with Crippen LogP contribution in [0.15, 0.2) is 36.4 Å². The Morgan fingerprint density at radius 3 is 2.65 bits per heavy atom. The van der Waals surface area contributed by atoms with Gasteiger partial charge in [0.05, 0.1) is 16.6 Å². The largest absolute Gasteiger partial charge is 0.505 e. The smallest absolute Gasteiger partial charge is 0.174 e. The second-order valence-corrected chi connectivity index (χ2v) is 6.41. The van der Waals surface area contributed by atoms with Crippen molar-refractivity contribution in [3.63, 3.8) is 0 Å². The van der Waals surface area contributed by atoms with Crippen molar-refractivity contribution in [2.24, 2.45) is 0 Å². The van der Waals surface area contributed by atoms with Gasteiger partial charge in [-0.2, -0.15) is 5.10 Å². The lowest BCUT2D eigenvalue weighted by Gasteiger charge is -2.11. The summed E-state index contributed by atoms with van der Waals surface area (Å²) in [5.41, 5.74) is 1.68. The van der Waals surface area contributed by atoms with Crippen LogP contribution in [-0.2, 0) is 0 Å². The van der Waals surface area contributed by atoms with Crippen molar-refractivity contribution in [2.45, 2.75) is 31.7 Å². The van der Waals surface area contributed by atoms with Crippen LogP contribution >= 0.6 is 11.6 Å². The summed E-state index contributed by atoms with van der Waals surface area (Å²) in [5.74, 6) is -1.02. The second-order valence-electron chi connectivity index (χ2n) is 6.01. The number of hydrogen-bond acceptors (Lipinski definition) is 2. The van der Waals surface area contributed by atoms with Gasteiger partial charge in [0.25, 0.3) is 0 Å². The molecule has 1 saturated carbocycles. The Balaban J connectivity index is 2.01. The highest BCUT2D eigenvalue weighted by Crippen LogP contribution is 2.39. The maximum Gasteiger partial charge on any atom is 0.174 e. The molecule has 1 aliphatic carbocycles. The van der Waals surface area contributed by atoms with Crippen LogP contribution < -0.4 is 0 Å². The molecule has 0 amide bonds. The topological polar surface area (TPSA) is 38.1 Å². The van der Waals surface area contributed by atoms with E-state index < -0.39 is 5.82 Å². The predicted octanol–water partition coefficient (Wildman–Crippen LogP) is 5.32. The number of phenolic OH excluding ortho intramolecular Hbond substituents is 1. The molecule has 5 heteroatoms. The molecule has 1 N–H and O–H groups in total. The van der Waals surface area contributed by atoms with E-state index in [9.17, 15) is 9.50 Å². The minimum absolute atomic E-state index is 0.298. The number of aromatic hydroxyl groups is 1. The first-order valence-corrected chi connectivity index (χ1v) is 8.19. The van der Waals surface area contributed by atoms with Crippen LogP contribution in [-0.4, -0.2) is 14.9 Å². The number of fused-ring (bicyclic) bond motifs is 1. The fourth-order valence-electron chi connectivity index (χ4n) is 3.47. The number of aromatic nitrogens is 2. The average Bonchev–Trinajstić information content (AvgIpc) is 3.18. The number of hydrogen-bond donors (Lipinski definition) is 1. The Morgan fingerprint density at radius 1 is 1.13 bits per heavy atom. The summed E-state index contributed by atoms with van der Waals surface area (Å²) in [6, 6.07) is 10.5. The lowest BCUT2D eigenvalue weighted by atomic mass is 10.1. The third kappa shape index (κ3) is 2.29. The number of halogens is 2. The molecule has 0 aliphatic heterocycles. The molecule has 1 fully saturated rings. The van der Waals surface area contributed by atoms with Crippen molar-refractivity contribution in [3.8, 4) is 17.0 Å². The molecule has 0 unspecified atom stereocenters. The second kappa shape index (κ2) is 5.53. The van der Waals surface area contributed by atoms with Crippen LogP contribution in [0.4, 0.5) is 4.39 Å². The Kier molecular flexibility index (Phi) is 3.49. The fraction of sp³-hybridized carbons (Fsp3) is 0.278. The first-order valence-electron chi connectivity index (χ1n) is 7.81. The molecule has 0 atom stereocenters. The van der Waals surface area contributed by atoms with Crippen LogP contribution in [0.25, 0.3) is 22.2 Å². The van der Waals surface area contributed by atoms with Crippen LogP contribution in [0.1, 0.15) is 31.7 Å². The summed E-state index contributed by atoms with van der Waals surface area (Å²) < 4.78 is 16.3. The van der Waals surface area contributed by atoms with Gasteiger partial charge in [0.1, 0.15) is 5.69 Å². The van der Waals surface area contributed by atoms with Gasteiger partial charge in [-0.15, -0.1) is 0 Å². The number of phenols is 1. The van der Waals surface area contributed by atoms with E-state index in [1.165, 1.54) is 18.9 Å². The lowest BCUT2D eigenvalue weighted by molar-refractivity contribution is 0.433. The standard InChI is InChI=1S/C18H16ClFN2O/c19-14-9-3-8-13-17(12-7-4-10-15(23)16(12)20)21-22(18(13)14)11-5-1-2-6-11/h3-4,7-11,23H,1-2,5-6H2. The molecule has 3 aromatic rings. The zero-order valence-electron chi connectivity index (χ0n) is 12.5. The van der Waals surface area contributed by atoms with Crippen LogP contribution in [0.5, 0.6) is 5.75 Å². The highest BCUT2D eigenvalue weighted by atomic mass is 35.5. The van der Waals surface area contributed by atoms with Gasteiger partial charge < -0.3 is 5.11 Å². The lowest BCUT2D eigenvalue weighted by Crippen LogP contribution is -2.06. The van der Waals surface area contributed by atoms with Crippen molar-refractivity contribution in [1.82, 2.24) is 9.78 Å². The van der Waals surface area contributed by atoms with Gasteiger partial charge in [-0.3, -0.25) is 4.68 Å². The zero-order chi connectivity index (χ0) is 16.0. The normalized spacial score (nSPS) is 15.6. The van der Waals surface area contributed by atoms with Gasteiger partial charge in [0, 0.05) is 10.9 Å². The third-order valence-corrected chi connectivity index (χ3v) is 4.89. The first-order chi connectivity index (χ1) is 11.2. The predicted molar refractivity (Wildman–Crippen MR) is 89.3 cm³/mol. The van der Waals surface area contributed by atoms with Gasteiger partial charge >= 0.3 is 0 Å². The molecule has 0 spiro atoms. The average molecular weight is 331 g/mol. The molecular weight excluding hydrogens is 315 g/mol. The van der Waals surface area contributed by atoms with E-state index >= 15 is 0 Å². The maximum atomic E-state index is 14.4. The van der Waals surface area contributed by atoms with E-state index in [1.54, 1.807) is 12.1 Å². The molecule has 4 rings (SSSR count). The Morgan fingerprint density at radius 2 is 1.87 bits per heavy atom. The van der Waals surface area contributed by atoms with Crippen molar-refractivity contribution in [2.75, 3.05) is 0 Å². The van der Waals surface area contributed by atoms with Crippen molar-refractivity contribution in [3.05, 3.63) is 47.2 Å². The van der Waals surface area contributed by atoms with E-state index in [-0.39, 0.29) is 5.75 Å². The molecule has 1 heterocycles. The number of rotatable bonds is 2. The molecule has 0 bridgehead atoms. The molecule has 23 heavy (non-hydrogen) atoms. The number of para-hydroxylation sites is 1. The molecule has 3 nitrogen and oxygen atoms in total. The van der Waals surface area contributed by atoms with Crippen LogP contribution in [0, 0.1) is 5.82 Å². The maximum absolute atomic E-state index is 14.4. The summed E-state index contributed by atoms with van der Waals surface area (Å²) >= 11 is 6.41. The molecule has 0 saturated heterocycles. The fourth-order valence-corrected chi connectivity index (χ4v) is 3.73. The van der Waals surface area contributed by atoms with Crippen molar-refractivity contribution in [1.29, 1.82) is 0 Å². The van der Waals surface area contributed by atoms with Crippen molar-refractivity contribution < 1.29 is 9.50 Å². The van der Waals surface area contributed by atoms with Crippen LogP contribution in [0.3, 0.4) is 0 Å². The Bertz CT molecular complexity index is 884. The quantitative estimate of drug-likeness (QED) is 0.690. The van der Waals surface area contributed by atoms with E-state index in [0.717, 1.165) is 23.7 Å². The Labute approximate surface area is 138 Å². The molecule has 118 valence electrons. The highest BCUT2D eigenvalue weighted by molar-refractivity contribution is 6.35. The number of benzene rings is 2. The van der Waals surface area contributed by atoms with Gasteiger partial charge in [0.2, 0.25) is 0 Å². The summed E-state index contributed by atoms with van der Waals surface area (Å²) in [5, 5.41) is 15.8. The Hall–Kier alpha value is -2.07. The SMILES string of the molecule is Oc1cccc(-c2nn(C3CCCC3)c3c(Cl)cccc23)c1F. The zero-order valence-corrected chi connectivity index (χ0v) is 13.2. The molecule has 2 aromatic carbocycles. The summed E-state index contributed by atoms with van der Waals surface area (Å²) in [4.78, 5) is 0. The molecule has 1 aliphatic rings. The monoisotopic (exact) mass is 330 g/mol. The molecule has 0 radical (unpaired) electrons. The van der Waals surface area contributed by atoms with Gasteiger partial charge in [0.15, 0.2) is 11.6 Å². The molecule has 1 aromatic heterocycles. The van der Waals surface area contributed by atoms with Crippen molar-refractivity contribution >= 4 is 22.5 Å². The van der Waals surface area contributed by atoms with E-state index in [2.05, 4.69) is 5.10 Å². The minimum Gasteiger partial charge on any atom is -0.505 e. The van der Waals surface area contributed by atoms with Gasteiger partial charge in [-0.1, -0.05) is 42.6 Å². The van der Waals surface area contributed by atoms with E-state index in [4.69, 9.17) is 11.6 Å². The minimum atomic E-state index is -0.648. The molecular formula is C18H16ClFN2O. The van der Waals surface area contributed by atoms with E-state index in [1.807, 2.05) is 22.9 Å². The summed E-state index contributed by atoms with van der Waals surface area (Å²) in [6.45, 7) is 0. The summed E-state index contributed by atoms with van der Waals surface area (Å²) in [6.07, 6.45) is 4.46. The third-order valence-electron chi connectivity index (χ3n) is 4.58. The first kappa shape index (κ1) is 14.5. The van der Waals surface area contributed by atoms with Gasteiger partial charge in [-0.05, 0) is 31.0 Å². The van der Waals surface area contributed by atoms with Gasteiger partial charge in [-0.25, -0.2) is 4.39 Å². The summed E-state index contributed by atoms with van der Waals surface area (Å²) in [7, 11) is 0. The number of nitrogens with zero attached hydrogens (tertiary/aromatic N) is 2. The highest BCUT2D eigenvalue weighted by Gasteiger charge is 2.24.